The number of para-hydroxylation sites is 1. The topological polar surface area (TPSA) is 59.9 Å². The van der Waals surface area contributed by atoms with Gasteiger partial charge in [-0.2, -0.15) is 5.26 Å². The van der Waals surface area contributed by atoms with Crippen molar-refractivity contribution in [2.24, 2.45) is 11.3 Å². The Morgan fingerprint density at radius 1 is 1.40 bits per heavy atom. The molecular weight excluding hydrogens is 310 g/mol. The van der Waals surface area contributed by atoms with Crippen molar-refractivity contribution in [2.75, 3.05) is 0 Å². The van der Waals surface area contributed by atoms with Crippen molar-refractivity contribution in [3.05, 3.63) is 36.0 Å². The van der Waals surface area contributed by atoms with Gasteiger partial charge in [0.25, 0.3) is 0 Å². The first-order chi connectivity index (χ1) is 12.1. The van der Waals surface area contributed by atoms with Gasteiger partial charge in [-0.25, -0.2) is 0 Å². The number of nitrogens with zero attached hydrogens (tertiary/aromatic N) is 2. The molecule has 2 aliphatic carbocycles. The zero-order chi connectivity index (χ0) is 17.2. The first-order valence-corrected chi connectivity index (χ1v) is 9.39. The summed E-state index contributed by atoms with van der Waals surface area (Å²) in [7, 11) is 0. The molecule has 4 aliphatic rings. The number of fused-ring (bicyclic) bond motifs is 1. The average molecular weight is 333 g/mol. The highest BCUT2D eigenvalue weighted by molar-refractivity contribution is 5.85. The minimum atomic E-state index is -0.127. The summed E-state index contributed by atoms with van der Waals surface area (Å²) >= 11 is 0. The maximum Gasteiger partial charge on any atom is 0.223 e. The van der Waals surface area contributed by atoms with E-state index in [2.05, 4.69) is 41.2 Å². The number of amides is 1. The molecule has 4 heteroatoms. The Morgan fingerprint density at radius 3 is 3.04 bits per heavy atom. The highest BCUT2D eigenvalue weighted by atomic mass is 16.2. The van der Waals surface area contributed by atoms with Crippen LogP contribution in [0, 0.1) is 22.7 Å². The second-order valence-corrected chi connectivity index (χ2v) is 8.42. The molecule has 0 radical (unpaired) electrons. The third-order valence-corrected chi connectivity index (χ3v) is 6.91. The largest absolute Gasteiger partial charge is 0.361 e. The van der Waals surface area contributed by atoms with Crippen LogP contribution in [-0.4, -0.2) is 27.9 Å². The lowest BCUT2D eigenvalue weighted by Gasteiger charge is -2.40. The zero-order valence-electron chi connectivity index (χ0n) is 14.5. The molecular formula is C21H23N3O. The molecule has 2 saturated carbocycles. The third kappa shape index (κ3) is 2.08. The first kappa shape index (κ1) is 15.0. The predicted molar refractivity (Wildman–Crippen MR) is 95.8 cm³/mol. The summed E-state index contributed by atoms with van der Waals surface area (Å²) in [5.41, 5.74) is 2.23. The molecule has 5 unspecified atom stereocenters. The molecule has 1 N–H and O–H groups in total. The Hall–Kier alpha value is -2.28. The molecule has 128 valence electrons. The van der Waals surface area contributed by atoms with E-state index in [1.807, 2.05) is 12.1 Å². The van der Waals surface area contributed by atoms with Crippen LogP contribution < -0.4 is 0 Å². The predicted octanol–water partition coefficient (Wildman–Crippen LogP) is 3.95. The van der Waals surface area contributed by atoms with Gasteiger partial charge in [0.05, 0.1) is 11.5 Å². The van der Waals surface area contributed by atoms with Crippen LogP contribution >= 0.6 is 0 Å². The molecule has 1 aromatic heterocycles. The number of nitriles is 1. The number of benzene rings is 1. The lowest BCUT2D eigenvalue weighted by Crippen LogP contribution is -2.47. The number of nitrogens with one attached hydrogen (secondary N) is 1. The minimum absolute atomic E-state index is 0.127. The highest BCUT2D eigenvalue weighted by Crippen LogP contribution is 2.59. The van der Waals surface area contributed by atoms with E-state index < -0.39 is 0 Å². The fraction of sp³-hybridized carbons (Fsp3) is 0.524. The number of H-pyrrole nitrogens is 1. The van der Waals surface area contributed by atoms with Gasteiger partial charge in [-0.1, -0.05) is 25.1 Å². The fourth-order valence-corrected chi connectivity index (χ4v) is 5.89. The maximum atomic E-state index is 13.1. The Morgan fingerprint density at radius 2 is 2.24 bits per heavy atom. The molecule has 1 aromatic carbocycles. The Labute approximate surface area is 147 Å². The van der Waals surface area contributed by atoms with Gasteiger partial charge in [-0.15, -0.1) is 0 Å². The van der Waals surface area contributed by atoms with Crippen LogP contribution in [0.3, 0.4) is 0 Å². The Balaban J connectivity index is 1.36. The van der Waals surface area contributed by atoms with Gasteiger partial charge < -0.3 is 9.88 Å². The summed E-state index contributed by atoms with van der Waals surface area (Å²) in [5, 5.41) is 10.8. The Kier molecular flexibility index (Phi) is 3.07. The van der Waals surface area contributed by atoms with Crippen LogP contribution in [0.5, 0.6) is 0 Å². The molecule has 2 saturated heterocycles. The monoisotopic (exact) mass is 333 g/mol. The highest BCUT2D eigenvalue weighted by Gasteiger charge is 2.61. The molecule has 3 heterocycles. The van der Waals surface area contributed by atoms with E-state index in [1.54, 1.807) is 0 Å². The number of carbonyl (C=O) groups excluding carboxylic acids is 1. The SMILES string of the molecule is CC(CC(=O)N1C2CC3CC(C#N)(C2)CC31)c1c[nH]c2ccccc12. The molecule has 2 aliphatic heterocycles. The van der Waals surface area contributed by atoms with Crippen LogP contribution in [0.1, 0.15) is 50.5 Å². The van der Waals surface area contributed by atoms with Gasteiger partial charge in [-0.05, 0) is 49.1 Å². The molecule has 2 aromatic rings. The van der Waals surface area contributed by atoms with Crippen molar-refractivity contribution in [2.45, 2.75) is 57.0 Å². The van der Waals surface area contributed by atoms with Crippen molar-refractivity contribution in [1.82, 2.24) is 9.88 Å². The molecule has 25 heavy (non-hydrogen) atoms. The molecule has 4 nitrogen and oxygen atoms in total. The normalized spacial score (nSPS) is 33.8. The van der Waals surface area contributed by atoms with E-state index in [0.29, 0.717) is 24.4 Å². The van der Waals surface area contributed by atoms with E-state index in [-0.39, 0.29) is 17.2 Å². The van der Waals surface area contributed by atoms with Crippen molar-refractivity contribution in [1.29, 1.82) is 5.26 Å². The summed E-state index contributed by atoms with van der Waals surface area (Å²) in [4.78, 5) is 18.6. The van der Waals surface area contributed by atoms with Crippen molar-refractivity contribution in [3.8, 4) is 6.07 Å². The summed E-state index contributed by atoms with van der Waals surface area (Å²) in [5.74, 6) is 1.04. The molecule has 5 atom stereocenters. The zero-order valence-corrected chi connectivity index (χ0v) is 14.5. The maximum absolute atomic E-state index is 13.1. The number of hydrogen-bond acceptors (Lipinski definition) is 2. The van der Waals surface area contributed by atoms with E-state index >= 15 is 0 Å². The summed E-state index contributed by atoms with van der Waals surface area (Å²) < 4.78 is 0. The van der Waals surface area contributed by atoms with Crippen molar-refractivity contribution < 1.29 is 4.79 Å². The minimum Gasteiger partial charge on any atom is -0.361 e. The van der Waals surface area contributed by atoms with Gasteiger partial charge in [0.1, 0.15) is 0 Å². The van der Waals surface area contributed by atoms with Gasteiger partial charge >= 0.3 is 0 Å². The van der Waals surface area contributed by atoms with Crippen LogP contribution in [-0.2, 0) is 4.79 Å². The van der Waals surface area contributed by atoms with Gasteiger partial charge in [0, 0.05) is 35.6 Å². The average Bonchev–Trinajstić information content (AvgIpc) is 3.22. The Bertz CT molecular complexity index is 890. The van der Waals surface area contributed by atoms with Crippen LogP contribution in [0.25, 0.3) is 10.9 Å². The quantitative estimate of drug-likeness (QED) is 0.924. The summed E-state index contributed by atoms with van der Waals surface area (Å²) in [6.45, 7) is 2.15. The lowest BCUT2D eigenvalue weighted by atomic mass is 9.74. The van der Waals surface area contributed by atoms with Crippen LogP contribution in [0.2, 0.25) is 0 Å². The fourth-order valence-electron chi connectivity index (χ4n) is 5.89. The third-order valence-electron chi connectivity index (χ3n) is 6.91. The second-order valence-electron chi connectivity index (χ2n) is 8.42. The number of aromatic amines is 1. The second kappa shape index (κ2) is 5.11. The number of rotatable bonds is 3. The van der Waals surface area contributed by atoms with Gasteiger partial charge in [0.2, 0.25) is 5.91 Å². The van der Waals surface area contributed by atoms with E-state index in [0.717, 1.165) is 31.2 Å². The molecule has 6 rings (SSSR count). The van der Waals surface area contributed by atoms with E-state index in [1.165, 1.54) is 10.9 Å². The van der Waals surface area contributed by atoms with Crippen molar-refractivity contribution in [3.63, 3.8) is 0 Å². The van der Waals surface area contributed by atoms with Crippen LogP contribution in [0.4, 0.5) is 0 Å². The summed E-state index contributed by atoms with van der Waals surface area (Å²) in [6, 6.07) is 11.5. The van der Waals surface area contributed by atoms with Gasteiger partial charge in [0.15, 0.2) is 0 Å². The number of piperidine rings is 1. The van der Waals surface area contributed by atoms with E-state index in [9.17, 15) is 10.1 Å². The van der Waals surface area contributed by atoms with E-state index in [4.69, 9.17) is 0 Å². The number of aromatic nitrogens is 1. The molecule has 4 fully saturated rings. The number of hydrogen-bond donors (Lipinski definition) is 1. The molecule has 0 spiro atoms. The van der Waals surface area contributed by atoms with Crippen LogP contribution in [0.15, 0.2) is 30.5 Å². The molecule has 1 amide bonds. The number of carbonyl (C=O) groups is 1. The van der Waals surface area contributed by atoms with Gasteiger partial charge in [-0.3, -0.25) is 4.79 Å². The van der Waals surface area contributed by atoms with Crippen molar-refractivity contribution >= 4 is 16.8 Å². The standard InChI is InChI=1S/C21H23N3O/c1-13(17-11-23-18-5-3-2-4-16(17)18)6-20(25)24-15-7-14-8-21(9-15,12-22)10-19(14)24/h2-5,11,13-15,19,23H,6-10H2,1H3. The smallest absolute Gasteiger partial charge is 0.223 e. The summed E-state index contributed by atoms with van der Waals surface area (Å²) in [6.07, 6.45) is 6.52. The lowest BCUT2D eigenvalue weighted by molar-refractivity contribution is -0.136. The molecule has 4 bridgehead atoms. The first-order valence-electron chi connectivity index (χ1n) is 9.39.